The standard InChI is InChI=1S/C21H21N5O3/c1-14-8-9-19-23-16(10-20(27)26(19)12-14)11-22-15(2)21-24-18(25-29-21)13-28-17-6-4-3-5-7-17/h3-10,12,15,22H,11,13H2,1-2H3. The molecule has 0 aliphatic heterocycles. The number of benzene rings is 1. The maximum atomic E-state index is 12.3. The third kappa shape index (κ3) is 4.49. The number of nitrogens with one attached hydrogen (secondary N) is 1. The zero-order valence-corrected chi connectivity index (χ0v) is 16.2. The van der Waals surface area contributed by atoms with Crippen molar-refractivity contribution < 1.29 is 9.26 Å². The Hall–Kier alpha value is -3.52. The third-order valence-corrected chi connectivity index (χ3v) is 4.42. The van der Waals surface area contributed by atoms with Crippen molar-refractivity contribution in [3.8, 4) is 5.75 Å². The van der Waals surface area contributed by atoms with Gasteiger partial charge >= 0.3 is 0 Å². The molecule has 4 aromatic rings. The van der Waals surface area contributed by atoms with Crippen LogP contribution in [0.15, 0.2) is 64.0 Å². The van der Waals surface area contributed by atoms with Gasteiger partial charge < -0.3 is 14.6 Å². The predicted molar refractivity (Wildman–Crippen MR) is 107 cm³/mol. The quantitative estimate of drug-likeness (QED) is 0.518. The average Bonchev–Trinajstić information content (AvgIpc) is 3.21. The first-order valence-electron chi connectivity index (χ1n) is 9.31. The molecule has 0 bridgehead atoms. The summed E-state index contributed by atoms with van der Waals surface area (Å²) in [7, 11) is 0. The van der Waals surface area contributed by atoms with Gasteiger partial charge in [-0.3, -0.25) is 9.20 Å². The number of nitrogens with zero attached hydrogens (tertiary/aromatic N) is 4. The van der Waals surface area contributed by atoms with Gasteiger partial charge in [0.1, 0.15) is 11.4 Å². The number of ether oxygens (including phenoxy) is 1. The van der Waals surface area contributed by atoms with Crippen LogP contribution in [0.4, 0.5) is 0 Å². The fourth-order valence-corrected chi connectivity index (χ4v) is 2.86. The Morgan fingerprint density at radius 1 is 1.17 bits per heavy atom. The van der Waals surface area contributed by atoms with E-state index in [-0.39, 0.29) is 18.2 Å². The molecule has 0 saturated carbocycles. The Morgan fingerprint density at radius 2 is 2.00 bits per heavy atom. The van der Waals surface area contributed by atoms with Crippen molar-refractivity contribution in [2.75, 3.05) is 0 Å². The lowest BCUT2D eigenvalue weighted by Gasteiger charge is -2.10. The van der Waals surface area contributed by atoms with Crippen LogP contribution in [0.2, 0.25) is 0 Å². The molecule has 29 heavy (non-hydrogen) atoms. The summed E-state index contributed by atoms with van der Waals surface area (Å²) >= 11 is 0. The largest absolute Gasteiger partial charge is 0.485 e. The van der Waals surface area contributed by atoms with Gasteiger partial charge in [-0.2, -0.15) is 4.98 Å². The first kappa shape index (κ1) is 18.8. The van der Waals surface area contributed by atoms with Crippen molar-refractivity contribution in [2.45, 2.75) is 33.0 Å². The van der Waals surface area contributed by atoms with Gasteiger partial charge in [0, 0.05) is 18.8 Å². The lowest BCUT2D eigenvalue weighted by Crippen LogP contribution is -2.22. The molecular weight excluding hydrogens is 370 g/mol. The van der Waals surface area contributed by atoms with Crippen LogP contribution in [0, 0.1) is 6.92 Å². The number of hydrogen-bond acceptors (Lipinski definition) is 7. The van der Waals surface area contributed by atoms with Crippen LogP contribution in [0.5, 0.6) is 5.75 Å². The van der Waals surface area contributed by atoms with Crippen LogP contribution in [-0.2, 0) is 13.2 Å². The number of aryl methyl sites for hydroxylation is 1. The van der Waals surface area contributed by atoms with Crippen LogP contribution < -0.4 is 15.6 Å². The van der Waals surface area contributed by atoms with E-state index >= 15 is 0 Å². The van der Waals surface area contributed by atoms with Gasteiger partial charge in [0.25, 0.3) is 5.56 Å². The summed E-state index contributed by atoms with van der Waals surface area (Å²) < 4.78 is 12.5. The number of rotatable bonds is 7. The minimum Gasteiger partial charge on any atom is -0.485 e. The number of para-hydroxylation sites is 1. The Kier molecular flexibility index (Phi) is 5.35. The molecule has 3 heterocycles. The molecule has 1 atom stereocenters. The molecule has 0 amide bonds. The second kappa shape index (κ2) is 8.24. The molecule has 1 aromatic carbocycles. The third-order valence-electron chi connectivity index (χ3n) is 4.42. The van der Waals surface area contributed by atoms with Gasteiger partial charge in [-0.05, 0) is 37.6 Å². The second-order valence-corrected chi connectivity index (χ2v) is 6.77. The highest BCUT2D eigenvalue weighted by atomic mass is 16.5. The van der Waals surface area contributed by atoms with Crippen molar-refractivity contribution in [3.05, 3.63) is 88.1 Å². The van der Waals surface area contributed by atoms with Crippen molar-refractivity contribution in [3.63, 3.8) is 0 Å². The fraction of sp³-hybridized carbons (Fsp3) is 0.238. The summed E-state index contributed by atoms with van der Waals surface area (Å²) in [5.74, 6) is 1.66. The molecule has 0 spiro atoms. The Bertz CT molecular complexity index is 1170. The summed E-state index contributed by atoms with van der Waals surface area (Å²) in [6.07, 6.45) is 1.78. The van der Waals surface area contributed by atoms with E-state index in [9.17, 15) is 4.79 Å². The normalized spacial score (nSPS) is 12.2. The molecule has 0 aliphatic carbocycles. The molecule has 0 fully saturated rings. The van der Waals surface area contributed by atoms with Gasteiger partial charge in [-0.1, -0.05) is 29.4 Å². The van der Waals surface area contributed by atoms with E-state index < -0.39 is 0 Å². The summed E-state index contributed by atoms with van der Waals surface area (Å²) in [5.41, 5.74) is 2.16. The van der Waals surface area contributed by atoms with Crippen molar-refractivity contribution in [1.82, 2.24) is 24.8 Å². The highest BCUT2D eigenvalue weighted by Crippen LogP contribution is 2.13. The highest BCUT2D eigenvalue weighted by Gasteiger charge is 2.15. The van der Waals surface area contributed by atoms with Gasteiger partial charge in [0.05, 0.1) is 11.7 Å². The van der Waals surface area contributed by atoms with E-state index in [0.717, 1.165) is 11.3 Å². The van der Waals surface area contributed by atoms with E-state index in [2.05, 4.69) is 20.4 Å². The monoisotopic (exact) mass is 391 g/mol. The molecule has 8 heteroatoms. The summed E-state index contributed by atoms with van der Waals surface area (Å²) in [6, 6.07) is 14.5. The van der Waals surface area contributed by atoms with E-state index in [1.165, 1.54) is 6.07 Å². The van der Waals surface area contributed by atoms with Gasteiger partial charge in [0.15, 0.2) is 6.61 Å². The molecule has 1 N–H and O–H groups in total. The summed E-state index contributed by atoms with van der Waals surface area (Å²) in [4.78, 5) is 21.2. The molecule has 0 aliphatic rings. The van der Waals surface area contributed by atoms with Crippen molar-refractivity contribution in [1.29, 1.82) is 0 Å². The first-order valence-corrected chi connectivity index (χ1v) is 9.31. The zero-order valence-electron chi connectivity index (χ0n) is 16.2. The molecule has 1 unspecified atom stereocenters. The topological polar surface area (TPSA) is 94.6 Å². The zero-order chi connectivity index (χ0) is 20.2. The lowest BCUT2D eigenvalue weighted by molar-refractivity contribution is 0.282. The average molecular weight is 391 g/mol. The van der Waals surface area contributed by atoms with Crippen molar-refractivity contribution >= 4 is 5.65 Å². The summed E-state index contributed by atoms with van der Waals surface area (Å²) in [5, 5.41) is 7.21. The number of fused-ring (bicyclic) bond motifs is 1. The lowest BCUT2D eigenvalue weighted by atomic mass is 10.3. The Balaban J connectivity index is 1.38. The van der Waals surface area contributed by atoms with Crippen LogP contribution in [0.3, 0.4) is 0 Å². The van der Waals surface area contributed by atoms with E-state index in [1.807, 2.05) is 56.3 Å². The highest BCUT2D eigenvalue weighted by molar-refractivity contribution is 5.39. The van der Waals surface area contributed by atoms with E-state index in [0.29, 0.717) is 29.6 Å². The van der Waals surface area contributed by atoms with Gasteiger partial charge in [-0.25, -0.2) is 4.98 Å². The van der Waals surface area contributed by atoms with Gasteiger partial charge in [0.2, 0.25) is 11.7 Å². The predicted octanol–water partition coefficient (Wildman–Crippen LogP) is 2.82. The fourth-order valence-electron chi connectivity index (χ4n) is 2.86. The molecule has 148 valence electrons. The summed E-state index contributed by atoms with van der Waals surface area (Å²) in [6.45, 7) is 4.47. The SMILES string of the molecule is Cc1ccc2nc(CNC(C)c3nc(COc4ccccc4)no3)cc(=O)n2c1. The molecule has 3 aromatic heterocycles. The minimum atomic E-state index is -0.203. The minimum absolute atomic E-state index is 0.110. The number of aromatic nitrogens is 4. The van der Waals surface area contributed by atoms with Gasteiger partial charge in [-0.15, -0.1) is 0 Å². The molecule has 4 rings (SSSR count). The molecular formula is C21H21N5O3. The van der Waals surface area contributed by atoms with Crippen LogP contribution in [0.1, 0.15) is 35.9 Å². The van der Waals surface area contributed by atoms with Crippen LogP contribution >= 0.6 is 0 Å². The number of hydrogen-bond donors (Lipinski definition) is 1. The molecule has 0 radical (unpaired) electrons. The Morgan fingerprint density at radius 3 is 2.83 bits per heavy atom. The van der Waals surface area contributed by atoms with Crippen LogP contribution in [-0.4, -0.2) is 19.5 Å². The smallest absolute Gasteiger partial charge is 0.258 e. The second-order valence-electron chi connectivity index (χ2n) is 6.77. The van der Waals surface area contributed by atoms with Crippen molar-refractivity contribution in [2.24, 2.45) is 0 Å². The molecule has 0 saturated heterocycles. The Labute approximate surface area is 167 Å². The number of pyridine rings is 1. The first-order chi connectivity index (χ1) is 14.1. The maximum Gasteiger partial charge on any atom is 0.258 e. The van der Waals surface area contributed by atoms with E-state index in [4.69, 9.17) is 9.26 Å². The maximum absolute atomic E-state index is 12.3. The van der Waals surface area contributed by atoms with Crippen LogP contribution in [0.25, 0.3) is 5.65 Å². The molecule has 8 nitrogen and oxygen atoms in total. The van der Waals surface area contributed by atoms with E-state index in [1.54, 1.807) is 10.6 Å².